The lowest BCUT2D eigenvalue weighted by Crippen LogP contribution is -2.42. The van der Waals surface area contributed by atoms with E-state index in [-0.39, 0.29) is 24.8 Å². The largest absolute Gasteiger partial charge is 0.481 e. The summed E-state index contributed by atoms with van der Waals surface area (Å²) in [5.74, 6) is -0.962. The third-order valence-electron chi connectivity index (χ3n) is 2.92. The van der Waals surface area contributed by atoms with Gasteiger partial charge in [-0.25, -0.2) is 4.39 Å². The molecule has 0 spiro atoms. The molecular weight excluding hydrogens is 269 g/mol. The van der Waals surface area contributed by atoms with Gasteiger partial charge in [0.15, 0.2) is 0 Å². The number of hydrogen-bond donors (Lipinski definition) is 1. The van der Waals surface area contributed by atoms with Crippen LogP contribution in [0.1, 0.15) is 19.8 Å². The van der Waals surface area contributed by atoms with Crippen molar-refractivity contribution in [1.29, 1.82) is 0 Å². The maximum atomic E-state index is 13.3. The normalized spacial score (nSPS) is 18.0. The second-order valence-electron chi connectivity index (χ2n) is 4.43. The number of carbonyl (C=O) groups excluding carboxylic acids is 1. The van der Waals surface area contributed by atoms with Crippen molar-refractivity contribution in [3.63, 3.8) is 0 Å². The maximum absolute atomic E-state index is 13.3. The van der Waals surface area contributed by atoms with Crippen molar-refractivity contribution in [2.24, 2.45) is 0 Å². The fraction of sp³-hybridized carbons (Fsp3) is 0.385. The molecule has 0 radical (unpaired) electrons. The molecule has 4 nitrogen and oxygen atoms in total. The van der Waals surface area contributed by atoms with Crippen LogP contribution in [0.4, 0.5) is 10.1 Å². The van der Waals surface area contributed by atoms with Crippen LogP contribution in [-0.2, 0) is 9.59 Å². The number of anilines is 1. The monoisotopic (exact) mass is 283 g/mol. The molecule has 1 aromatic carbocycles. The Bertz CT molecular complexity index is 521. The van der Waals surface area contributed by atoms with Crippen molar-refractivity contribution in [3.8, 4) is 0 Å². The van der Waals surface area contributed by atoms with Gasteiger partial charge in [-0.1, -0.05) is 0 Å². The molecule has 2 rings (SSSR count). The Balaban J connectivity index is 2.26. The predicted octanol–water partition coefficient (Wildman–Crippen LogP) is 2.52. The van der Waals surface area contributed by atoms with Crippen molar-refractivity contribution in [3.05, 3.63) is 24.0 Å². The Labute approximate surface area is 114 Å². The van der Waals surface area contributed by atoms with Crippen molar-refractivity contribution in [1.82, 2.24) is 0 Å². The van der Waals surface area contributed by atoms with Crippen molar-refractivity contribution < 1.29 is 19.1 Å². The zero-order valence-corrected chi connectivity index (χ0v) is 11.2. The summed E-state index contributed by atoms with van der Waals surface area (Å²) in [5, 5.41) is 8.63. The quantitative estimate of drug-likeness (QED) is 0.926. The number of carboxylic acids is 1. The summed E-state index contributed by atoms with van der Waals surface area (Å²) in [6.07, 6.45) is -0.278. The van der Waals surface area contributed by atoms with Crippen molar-refractivity contribution in [2.75, 3.05) is 10.7 Å². The summed E-state index contributed by atoms with van der Waals surface area (Å²) in [6, 6.07) is 4.28. The van der Waals surface area contributed by atoms with Gasteiger partial charge in [0.1, 0.15) is 5.82 Å². The number of halogens is 1. The van der Waals surface area contributed by atoms with E-state index in [2.05, 4.69) is 0 Å². The van der Waals surface area contributed by atoms with E-state index in [1.54, 1.807) is 17.8 Å². The molecule has 1 aliphatic rings. The lowest BCUT2D eigenvalue weighted by atomic mass is 10.2. The molecule has 1 aromatic rings. The third kappa shape index (κ3) is 3.07. The molecule has 1 aliphatic heterocycles. The molecule has 0 aromatic heterocycles. The fourth-order valence-electron chi connectivity index (χ4n) is 2.04. The lowest BCUT2D eigenvalue weighted by molar-refractivity contribution is -0.138. The number of hydrogen-bond acceptors (Lipinski definition) is 3. The van der Waals surface area contributed by atoms with Gasteiger partial charge in [-0.2, -0.15) is 0 Å². The van der Waals surface area contributed by atoms with E-state index in [4.69, 9.17) is 5.11 Å². The van der Waals surface area contributed by atoms with Crippen molar-refractivity contribution in [2.45, 2.75) is 30.7 Å². The van der Waals surface area contributed by atoms with Gasteiger partial charge in [-0.3, -0.25) is 9.59 Å². The minimum Gasteiger partial charge on any atom is -0.481 e. The Kier molecular flexibility index (Phi) is 4.09. The zero-order valence-electron chi connectivity index (χ0n) is 10.4. The smallest absolute Gasteiger partial charge is 0.303 e. The average Bonchev–Trinajstić information content (AvgIpc) is 2.35. The first-order valence-corrected chi connectivity index (χ1v) is 6.94. The minimum absolute atomic E-state index is 0.0689. The molecule has 1 N–H and O–H groups in total. The molecule has 1 atom stereocenters. The highest BCUT2D eigenvalue weighted by Gasteiger charge is 2.29. The molecule has 0 fully saturated rings. The van der Waals surface area contributed by atoms with Gasteiger partial charge < -0.3 is 10.0 Å². The fourth-order valence-corrected chi connectivity index (χ4v) is 3.08. The van der Waals surface area contributed by atoms with Crippen LogP contribution in [0, 0.1) is 5.82 Å². The van der Waals surface area contributed by atoms with Crippen LogP contribution in [0.15, 0.2) is 23.1 Å². The van der Waals surface area contributed by atoms with Gasteiger partial charge in [-0.15, -0.1) is 11.8 Å². The summed E-state index contributed by atoms with van der Waals surface area (Å²) >= 11 is 1.57. The van der Waals surface area contributed by atoms with E-state index in [0.29, 0.717) is 5.69 Å². The molecule has 1 amide bonds. The number of amides is 1. The van der Waals surface area contributed by atoms with Gasteiger partial charge in [-0.05, 0) is 25.1 Å². The standard InChI is InChI=1S/C13H14FNO3S/c1-8-7-19-11-3-2-9(14)6-10(11)15(8)12(16)4-5-13(17)18/h2-3,6,8H,4-5,7H2,1H3,(H,17,18). The highest BCUT2D eigenvalue weighted by atomic mass is 32.2. The molecule has 19 heavy (non-hydrogen) atoms. The van der Waals surface area contributed by atoms with Crippen LogP contribution in [-0.4, -0.2) is 28.8 Å². The number of thioether (sulfide) groups is 1. The van der Waals surface area contributed by atoms with E-state index in [1.165, 1.54) is 17.0 Å². The first kappa shape index (κ1) is 13.9. The Morgan fingerprint density at radius 1 is 1.47 bits per heavy atom. The number of nitrogens with zero attached hydrogens (tertiary/aromatic N) is 1. The Hall–Kier alpha value is -1.56. The van der Waals surface area contributed by atoms with E-state index in [9.17, 15) is 14.0 Å². The second-order valence-corrected chi connectivity index (χ2v) is 5.49. The van der Waals surface area contributed by atoms with Gasteiger partial charge in [0.25, 0.3) is 0 Å². The van der Waals surface area contributed by atoms with E-state index in [1.807, 2.05) is 6.92 Å². The molecule has 0 bridgehead atoms. The highest BCUT2D eigenvalue weighted by molar-refractivity contribution is 7.99. The number of fused-ring (bicyclic) bond motifs is 1. The summed E-state index contributed by atoms with van der Waals surface area (Å²) in [7, 11) is 0. The van der Waals surface area contributed by atoms with Crippen LogP contribution in [0.2, 0.25) is 0 Å². The van der Waals surface area contributed by atoms with E-state index >= 15 is 0 Å². The third-order valence-corrected chi connectivity index (χ3v) is 4.23. The SMILES string of the molecule is CC1CSc2ccc(F)cc2N1C(=O)CCC(=O)O. The number of carboxylic acid groups (broad SMARTS) is 1. The van der Waals surface area contributed by atoms with Gasteiger partial charge in [0, 0.05) is 23.1 Å². The van der Waals surface area contributed by atoms with Crippen LogP contribution < -0.4 is 4.90 Å². The van der Waals surface area contributed by atoms with Gasteiger partial charge >= 0.3 is 5.97 Å². The van der Waals surface area contributed by atoms with Crippen LogP contribution in [0.5, 0.6) is 0 Å². The number of benzene rings is 1. The highest BCUT2D eigenvalue weighted by Crippen LogP contribution is 2.38. The maximum Gasteiger partial charge on any atom is 0.303 e. The van der Waals surface area contributed by atoms with Crippen molar-refractivity contribution >= 4 is 29.3 Å². The molecule has 102 valence electrons. The molecule has 1 heterocycles. The molecule has 1 unspecified atom stereocenters. The summed E-state index contributed by atoms with van der Waals surface area (Å²) in [6.45, 7) is 1.87. The second kappa shape index (κ2) is 5.61. The summed E-state index contributed by atoms with van der Waals surface area (Å²) < 4.78 is 13.3. The van der Waals surface area contributed by atoms with E-state index < -0.39 is 11.8 Å². The zero-order chi connectivity index (χ0) is 14.0. The minimum atomic E-state index is -1.01. The molecule has 0 aliphatic carbocycles. The number of aliphatic carboxylic acids is 1. The average molecular weight is 283 g/mol. The molecule has 6 heteroatoms. The number of carbonyl (C=O) groups is 2. The van der Waals surface area contributed by atoms with Crippen LogP contribution in [0.3, 0.4) is 0 Å². The van der Waals surface area contributed by atoms with Crippen LogP contribution >= 0.6 is 11.8 Å². The predicted molar refractivity (Wildman–Crippen MR) is 70.9 cm³/mol. The van der Waals surface area contributed by atoms with Gasteiger partial charge in [0.2, 0.25) is 5.91 Å². The van der Waals surface area contributed by atoms with Gasteiger partial charge in [0.05, 0.1) is 12.1 Å². The summed E-state index contributed by atoms with van der Waals surface area (Å²) in [5.41, 5.74) is 0.541. The van der Waals surface area contributed by atoms with Crippen LogP contribution in [0.25, 0.3) is 0 Å². The Morgan fingerprint density at radius 2 is 2.21 bits per heavy atom. The summed E-state index contributed by atoms with van der Waals surface area (Å²) in [4.78, 5) is 25.0. The lowest BCUT2D eigenvalue weighted by Gasteiger charge is -2.34. The number of rotatable bonds is 3. The first-order valence-electron chi connectivity index (χ1n) is 5.95. The molecule has 0 saturated carbocycles. The first-order chi connectivity index (χ1) is 8.99. The topological polar surface area (TPSA) is 57.6 Å². The molecular formula is C13H14FNO3S. The van der Waals surface area contributed by atoms with E-state index in [0.717, 1.165) is 10.6 Å². The molecule has 0 saturated heterocycles. The Morgan fingerprint density at radius 3 is 2.89 bits per heavy atom.